The van der Waals surface area contributed by atoms with E-state index in [1.165, 1.54) is 0 Å². The number of carbonyl (C=O) groups excluding carboxylic acids is 1. The van der Waals surface area contributed by atoms with Crippen molar-refractivity contribution in [2.24, 2.45) is 5.92 Å². The van der Waals surface area contributed by atoms with Crippen LogP contribution in [0, 0.1) is 12.8 Å². The summed E-state index contributed by atoms with van der Waals surface area (Å²) in [6.07, 6.45) is 0. The maximum Gasteiger partial charge on any atom is 0.270 e. The van der Waals surface area contributed by atoms with Crippen LogP contribution >= 0.6 is 11.6 Å². The van der Waals surface area contributed by atoms with Crippen molar-refractivity contribution in [3.05, 3.63) is 46.7 Å². The fraction of sp³-hybridized carbons (Fsp3) is 0.353. The fourth-order valence-corrected chi connectivity index (χ4v) is 2.12. The molecule has 0 aliphatic rings. The molecule has 2 unspecified atom stereocenters. The van der Waals surface area contributed by atoms with Crippen LogP contribution in [0.2, 0.25) is 5.02 Å². The van der Waals surface area contributed by atoms with Gasteiger partial charge in [-0.2, -0.15) is 0 Å². The summed E-state index contributed by atoms with van der Waals surface area (Å²) in [5.74, 6) is 0.172. The number of aliphatic hydroxyl groups is 1. The van der Waals surface area contributed by atoms with Gasteiger partial charge in [-0.25, -0.2) is 9.97 Å². The summed E-state index contributed by atoms with van der Waals surface area (Å²) in [7, 11) is 0. The summed E-state index contributed by atoms with van der Waals surface area (Å²) in [6, 6.07) is 8.64. The van der Waals surface area contributed by atoms with Gasteiger partial charge in [-0.3, -0.25) is 4.79 Å². The molecule has 6 heteroatoms. The second-order valence-corrected chi connectivity index (χ2v) is 6.08. The Labute approximate surface area is 140 Å². The molecule has 0 radical (unpaired) electrons. The van der Waals surface area contributed by atoms with E-state index < -0.39 is 0 Å². The summed E-state index contributed by atoms with van der Waals surface area (Å²) < 4.78 is 0. The van der Waals surface area contributed by atoms with Crippen LogP contribution in [0.4, 0.5) is 0 Å². The Morgan fingerprint density at radius 2 is 1.91 bits per heavy atom. The third-order valence-electron chi connectivity index (χ3n) is 3.69. The first-order chi connectivity index (χ1) is 10.9. The van der Waals surface area contributed by atoms with E-state index in [1.807, 2.05) is 32.9 Å². The number of aliphatic hydroxyl groups excluding tert-OH is 1. The number of benzene rings is 1. The molecule has 2 atom stereocenters. The highest BCUT2D eigenvalue weighted by molar-refractivity contribution is 6.30. The van der Waals surface area contributed by atoms with Crippen molar-refractivity contribution in [2.75, 3.05) is 6.61 Å². The number of rotatable bonds is 5. The molecule has 5 nitrogen and oxygen atoms in total. The molecule has 1 aromatic carbocycles. The molecular formula is C17H20ClN3O2. The van der Waals surface area contributed by atoms with Crippen LogP contribution in [0.25, 0.3) is 11.4 Å². The number of aromatic nitrogens is 2. The Morgan fingerprint density at radius 1 is 1.26 bits per heavy atom. The molecule has 23 heavy (non-hydrogen) atoms. The Bertz CT molecular complexity index is 689. The maximum absolute atomic E-state index is 12.4. The van der Waals surface area contributed by atoms with Gasteiger partial charge in [-0.15, -0.1) is 0 Å². The number of halogens is 1. The number of aryl methyl sites for hydroxylation is 1. The number of nitrogens with one attached hydrogen (secondary N) is 1. The lowest BCUT2D eigenvalue weighted by Crippen LogP contribution is -2.38. The van der Waals surface area contributed by atoms with E-state index in [-0.39, 0.29) is 24.5 Å². The van der Waals surface area contributed by atoms with E-state index >= 15 is 0 Å². The zero-order valence-corrected chi connectivity index (χ0v) is 14.1. The Hall–Kier alpha value is -1.98. The summed E-state index contributed by atoms with van der Waals surface area (Å²) in [5.41, 5.74) is 1.81. The smallest absolute Gasteiger partial charge is 0.270 e. The molecule has 1 heterocycles. The number of hydrogen-bond acceptors (Lipinski definition) is 4. The molecule has 2 aromatic rings. The normalized spacial score (nSPS) is 13.4. The molecule has 2 N–H and O–H groups in total. The minimum Gasteiger partial charge on any atom is -0.396 e. The number of nitrogens with zero attached hydrogens (tertiary/aromatic N) is 2. The van der Waals surface area contributed by atoms with Gasteiger partial charge in [0.15, 0.2) is 5.82 Å². The van der Waals surface area contributed by atoms with Crippen LogP contribution in [-0.2, 0) is 0 Å². The van der Waals surface area contributed by atoms with Crippen molar-refractivity contribution in [3.63, 3.8) is 0 Å². The second-order valence-electron chi connectivity index (χ2n) is 5.65. The second kappa shape index (κ2) is 7.53. The van der Waals surface area contributed by atoms with Gasteiger partial charge in [-0.1, -0.05) is 18.5 Å². The lowest BCUT2D eigenvalue weighted by atomic mass is 10.1. The molecule has 0 aliphatic carbocycles. The first-order valence-corrected chi connectivity index (χ1v) is 7.82. The van der Waals surface area contributed by atoms with Gasteiger partial charge in [0.1, 0.15) is 5.69 Å². The van der Waals surface area contributed by atoms with Crippen molar-refractivity contribution in [1.29, 1.82) is 0 Å². The first kappa shape index (κ1) is 17.4. The minimum absolute atomic E-state index is 0.0142. The van der Waals surface area contributed by atoms with Crippen molar-refractivity contribution in [1.82, 2.24) is 15.3 Å². The molecule has 1 aromatic heterocycles. The average Bonchev–Trinajstić information content (AvgIpc) is 2.54. The fourth-order valence-electron chi connectivity index (χ4n) is 1.99. The number of amides is 1. The summed E-state index contributed by atoms with van der Waals surface area (Å²) in [4.78, 5) is 21.1. The molecule has 122 valence electrons. The summed E-state index contributed by atoms with van der Waals surface area (Å²) >= 11 is 5.89. The maximum atomic E-state index is 12.4. The Kier molecular flexibility index (Phi) is 5.69. The van der Waals surface area contributed by atoms with Gasteiger partial charge in [-0.05, 0) is 50.1 Å². The standard InChI is InChI=1S/C17H20ClN3O2/c1-10(9-22)12(3)20-17(23)15-8-11(2)19-16(21-15)13-4-6-14(18)7-5-13/h4-8,10,12,22H,9H2,1-3H3,(H,20,23). The average molecular weight is 334 g/mol. The zero-order valence-electron chi connectivity index (χ0n) is 13.4. The van der Waals surface area contributed by atoms with Crippen LogP contribution in [0.1, 0.15) is 30.0 Å². The lowest BCUT2D eigenvalue weighted by Gasteiger charge is -2.19. The van der Waals surface area contributed by atoms with Crippen molar-refractivity contribution < 1.29 is 9.90 Å². The summed E-state index contributed by atoms with van der Waals surface area (Å²) in [5, 5.41) is 12.6. The van der Waals surface area contributed by atoms with Crippen LogP contribution in [0.5, 0.6) is 0 Å². The van der Waals surface area contributed by atoms with Gasteiger partial charge in [0.2, 0.25) is 0 Å². The van der Waals surface area contributed by atoms with Gasteiger partial charge in [0.25, 0.3) is 5.91 Å². The van der Waals surface area contributed by atoms with E-state index in [2.05, 4.69) is 15.3 Å². The quantitative estimate of drug-likeness (QED) is 0.882. The van der Waals surface area contributed by atoms with Crippen LogP contribution in [-0.4, -0.2) is 33.6 Å². The third kappa shape index (κ3) is 4.50. The predicted molar refractivity (Wildman–Crippen MR) is 90.4 cm³/mol. The van der Waals surface area contributed by atoms with E-state index in [1.54, 1.807) is 18.2 Å². The number of hydrogen-bond donors (Lipinski definition) is 2. The van der Waals surface area contributed by atoms with E-state index in [4.69, 9.17) is 16.7 Å². The van der Waals surface area contributed by atoms with E-state index in [0.717, 1.165) is 5.56 Å². The SMILES string of the molecule is Cc1cc(C(=O)NC(C)C(C)CO)nc(-c2ccc(Cl)cc2)n1. The highest BCUT2D eigenvalue weighted by Crippen LogP contribution is 2.19. The topological polar surface area (TPSA) is 75.1 Å². The van der Waals surface area contributed by atoms with Crippen LogP contribution < -0.4 is 5.32 Å². The van der Waals surface area contributed by atoms with E-state index in [9.17, 15) is 4.79 Å². The van der Waals surface area contributed by atoms with Crippen molar-refractivity contribution in [3.8, 4) is 11.4 Å². The molecule has 0 aliphatic heterocycles. The Balaban J connectivity index is 2.26. The minimum atomic E-state index is -0.279. The molecule has 2 rings (SSSR count). The predicted octanol–water partition coefficient (Wildman–Crippen LogP) is 2.85. The monoisotopic (exact) mass is 333 g/mol. The third-order valence-corrected chi connectivity index (χ3v) is 3.94. The first-order valence-electron chi connectivity index (χ1n) is 7.44. The van der Waals surface area contributed by atoms with Gasteiger partial charge in [0.05, 0.1) is 0 Å². The molecule has 0 bridgehead atoms. The largest absolute Gasteiger partial charge is 0.396 e. The van der Waals surface area contributed by atoms with E-state index in [0.29, 0.717) is 22.2 Å². The van der Waals surface area contributed by atoms with Crippen LogP contribution in [0.3, 0.4) is 0 Å². The van der Waals surface area contributed by atoms with Crippen molar-refractivity contribution >= 4 is 17.5 Å². The van der Waals surface area contributed by atoms with Gasteiger partial charge in [0, 0.05) is 28.9 Å². The zero-order chi connectivity index (χ0) is 17.0. The lowest BCUT2D eigenvalue weighted by molar-refractivity contribution is 0.0911. The molecule has 1 amide bonds. The molecule has 0 saturated heterocycles. The molecule has 0 fully saturated rings. The Morgan fingerprint density at radius 3 is 2.52 bits per heavy atom. The molecule has 0 saturated carbocycles. The van der Waals surface area contributed by atoms with Gasteiger partial charge < -0.3 is 10.4 Å². The van der Waals surface area contributed by atoms with Crippen LogP contribution in [0.15, 0.2) is 30.3 Å². The highest BCUT2D eigenvalue weighted by Gasteiger charge is 2.17. The highest BCUT2D eigenvalue weighted by atomic mass is 35.5. The summed E-state index contributed by atoms with van der Waals surface area (Å²) in [6.45, 7) is 5.56. The van der Waals surface area contributed by atoms with Gasteiger partial charge >= 0.3 is 0 Å². The number of carbonyl (C=O) groups is 1. The van der Waals surface area contributed by atoms with Crippen molar-refractivity contribution in [2.45, 2.75) is 26.8 Å². The molecular weight excluding hydrogens is 314 g/mol. The molecule has 0 spiro atoms.